The highest BCUT2D eigenvalue weighted by Crippen LogP contribution is 2.24. The summed E-state index contributed by atoms with van der Waals surface area (Å²) in [6.45, 7) is 4.32. The third-order valence-electron chi connectivity index (χ3n) is 6.06. The van der Waals surface area contributed by atoms with Gasteiger partial charge in [-0.05, 0) is 62.8 Å². The van der Waals surface area contributed by atoms with Crippen LogP contribution in [0, 0.1) is 13.8 Å². The van der Waals surface area contributed by atoms with Crippen molar-refractivity contribution in [2.75, 3.05) is 0 Å². The van der Waals surface area contributed by atoms with E-state index in [1.165, 1.54) is 24.6 Å². The highest BCUT2D eigenvalue weighted by Gasteiger charge is 2.17. The van der Waals surface area contributed by atoms with Crippen molar-refractivity contribution in [1.29, 1.82) is 0 Å². The van der Waals surface area contributed by atoms with E-state index in [1.807, 2.05) is 56.3 Å². The number of fused-ring (bicyclic) bond motifs is 1. The fraction of sp³-hybridized carbons (Fsp3) is 0.346. The highest BCUT2D eigenvalue weighted by atomic mass is 32.2. The number of amides is 1. The minimum atomic E-state index is -0.122. The first-order valence-corrected chi connectivity index (χ1v) is 12.9. The Bertz CT molecular complexity index is 1330. The number of ether oxygens (including phenoxy) is 1. The zero-order valence-corrected chi connectivity index (χ0v) is 20.7. The van der Waals surface area contributed by atoms with Crippen LogP contribution in [0.1, 0.15) is 58.6 Å². The van der Waals surface area contributed by atoms with Crippen LogP contribution in [0.25, 0.3) is 5.78 Å². The van der Waals surface area contributed by atoms with E-state index in [0.29, 0.717) is 34.7 Å². The standard InChI is InChI=1S/C26H28N6O2S/c1-17-13-18(2)32-25(29-17)30-26(31-32)35-16-20-7-3-6-10-22(20)24(33)28-15-19-11-12-23(27-14-19)34-21-8-4-5-9-21/h3,6-7,10-14,21H,4-5,8-9,15-16H2,1-2H3,(H,28,33). The molecule has 8 nitrogen and oxygen atoms in total. The van der Waals surface area contributed by atoms with Gasteiger partial charge in [-0.2, -0.15) is 4.98 Å². The van der Waals surface area contributed by atoms with Crippen molar-refractivity contribution >= 4 is 23.4 Å². The minimum Gasteiger partial charge on any atom is -0.474 e. The van der Waals surface area contributed by atoms with Gasteiger partial charge in [0.25, 0.3) is 11.7 Å². The number of carbonyl (C=O) groups is 1. The van der Waals surface area contributed by atoms with E-state index in [4.69, 9.17) is 4.74 Å². The lowest BCUT2D eigenvalue weighted by Gasteiger charge is -2.12. The summed E-state index contributed by atoms with van der Waals surface area (Å²) in [5.41, 5.74) is 4.39. The van der Waals surface area contributed by atoms with Gasteiger partial charge in [-0.15, -0.1) is 5.10 Å². The van der Waals surface area contributed by atoms with E-state index in [2.05, 4.69) is 25.4 Å². The molecule has 3 aromatic heterocycles. The summed E-state index contributed by atoms with van der Waals surface area (Å²) in [5.74, 6) is 1.69. The Kier molecular flexibility index (Phi) is 6.94. The van der Waals surface area contributed by atoms with Gasteiger partial charge in [-0.25, -0.2) is 14.5 Å². The van der Waals surface area contributed by atoms with Gasteiger partial charge in [-0.1, -0.05) is 36.0 Å². The summed E-state index contributed by atoms with van der Waals surface area (Å²) < 4.78 is 7.66. The van der Waals surface area contributed by atoms with E-state index in [0.717, 1.165) is 35.4 Å². The Morgan fingerprint density at radius 3 is 2.77 bits per heavy atom. The van der Waals surface area contributed by atoms with Gasteiger partial charge >= 0.3 is 0 Å². The number of rotatable bonds is 8. The van der Waals surface area contributed by atoms with Gasteiger partial charge in [0, 0.05) is 41.5 Å². The Morgan fingerprint density at radius 1 is 1.14 bits per heavy atom. The molecular formula is C26H28N6O2S. The molecule has 0 bridgehead atoms. The first-order chi connectivity index (χ1) is 17.0. The first kappa shape index (κ1) is 23.3. The van der Waals surface area contributed by atoms with Crippen LogP contribution < -0.4 is 10.1 Å². The highest BCUT2D eigenvalue weighted by molar-refractivity contribution is 7.98. The van der Waals surface area contributed by atoms with Crippen molar-refractivity contribution < 1.29 is 9.53 Å². The lowest BCUT2D eigenvalue weighted by atomic mass is 10.1. The summed E-state index contributed by atoms with van der Waals surface area (Å²) in [6, 6.07) is 13.4. The lowest BCUT2D eigenvalue weighted by molar-refractivity contribution is 0.0950. The molecule has 1 aliphatic carbocycles. The molecule has 35 heavy (non-hydrogen) atoms. The Balaban J connectivity index is 1.20. The van der Waals surface area contributed by atoms with E-state index in [1.54, 1.807) is 10.7 Å². The predicted molar refractivity (Wildman–Crippen MR) is 135 cm³/mol. The zero-order valence-electron chi connectivity index (χ0n) is 19.9. The van der Waals surface area contributed by atoms with E-state index in [-0.39, 0.29) is 12.0 Å². The maximum absolute atomic E-state index is 13.0. The molecule has 180 valence electrons. The summed E-state index contributed by atoms with van der Waals surface area (Å²) in [7, 11) is 0. The fourth-order valence-corrected chi connectivity index (χ4v) is 5.08. The molecule has 0 saturated heterocycles. The maximum atomic E-state index is 13.0. The Hall–Kier alpha value is -3.46. The van der Waals surface area contributed by atoms with Crippen molar-refractivity contribution in [3.8, 4) is 5.88 Å². The SMILES string of the molecule is Cc1cc(C)n2nc(SCc3ccccc3C(=O)NCc3ccc(OC4CCCC4)nc3)nc2n1. The van der Waals surface area contributed by atoms with Gasteiger partial charge in [0.1, 0.15) is 6.10 Å². The number of aryl methyl sites for hydroxylation is 2. The van der Waals surface area contributed by atoms with Crippen LogP contribution in [0.3, 0.4) is 0 Å². The molecule has 1 saturated carbocycles. The van der Waals surface area contributed by atoms with Crippen molar-refractivity contribution in [2.24, 2.45) is 0 Å². The van der Waals surface area contributed by atoms with Gasteiger partial charge in [0.15, 0.2) is 0 Å². The molecule has 0 atom stereocenters. The average Bonchev–Trinajstić information content (AvgIpc) is 3.52. The molecule has 0 spiro atoms. The van der Waals surface area contributed by atoms with Crippen molar-refractivity contribution in [2.45, 2.75) is 63.1 Å². The molecule has 1 amide bonds. The van der Waals surface area contributed by atoms with Crippen LogP contribution in [0.4, 0.5) is 0 Å². The van der Waals surface area contributed by atoms with Gasteiger partial charge in [0.2, 0.25) is 11.0 Å². The zero-order chi connectivity index (χ0) is 24.2. The normalized spacial score (nSPS) is 13.9. The van der Waals surface area contributed by atoms with E-state index < -0.39 is 0 Å². The molecule has 9 heteroatoms. The Morgan fingerprint density at radius 2 is 1.97 bits per heavy atom. The summed E-state index contributed by atoms with van der Waals surface area (Å²) >= 11 is 1.49. The second-order valence-corrected chi connectivity index (χ2v) is 9.75. The number of nitrogens with zero attached hydrogens (tertiary/aromatic N) is 5. The van der Waals surface area contributed by atoms with Crippen LogP contribution in [-0.2, 0) is 12.3 Å². The second-order valence-electron chi connectivity index (χ2n) is 8.80. The monoisotopic (exact) mass is 488 g/mol. The second kappa shape index (κ2) is 10.4. The van der Waals surface area contributed by atoms with Crippen molar-refractivity contribution in [3.05, 3.63) is 76.7 Å². The van der Waals surface area contributed by atoms with Crippen LogP contribution in [0.5, 0.6) is 5.88 Å². The van der Waals surface area contributed by atoms with E-state index >= 15 is 0 Å². The molecule has 1 N–H and O–H groups in total. The predicted octanol–water partition coefficient (Wildman–Crippen LogP) is 4.68. The molecule has 1 aliphatic rings. The largest absolute Gasteiger partial charge is 0.474 e. The number of hydrogen-bond acceptors (Lipinski definition) is 7. The molecule has 0 radical (unpaired) electrons. The van der Waals surface area contributed by atoms with Crippen LogP contribution in [0.15, 0.2) is 53.8 Å². The summed E-state index contributed by atoms with van der Waals surface area (Å²) in [6.07, 6.45) is 6.68. The van der Waals surface area contributed by atoms with Crippen LogP contribution in [0.2, 0.25) is 0 Å². The fourth-order valence-electron chi connectivity index (χ4n) is 4.26. The van der Waals surface area contributed by atoms with Gasteiger partial charge < -0.3 is 10.1 Å². The number of nitrogens with one attached hydrogen (secondary N) is 1. The van der Waals surface area contributed by atoms with Crippen molar-refractivity contribution in [1.82, 2.24) is 29.9 Å². The quantitative estimate of drug-likeness (QED) is 0.360. The van der Waals surface area contributed by atoms with Gasteiger partial charge in [0.05, 0.1) is 0 Å². The number of thioether (sulfide) groups is 1. The smallest absolute Gasteiger partial charge is 0.253 e. The molecule has 4 aromatic rings. The molecular weight excluding hydrogens is 460 g/mol. The lowest BCUT2D eigenvalue weighted by Crippen LogP contribution is -2.24. The van der Waals surface area contributed by atoms with Gasteiger partial charge in [-0.3, -0.25) is 4.79 Å². The number of carbonyl (C=O) groups excluding carboxylic acids is 1. The third kappa shape index (κ3) is 5.62. The van der Waals surface area contributed by atoms with Crippen LogP contribution >= 0.6 is 11.8 Å². The summed E-state index contributed by atoms with van der Waals surface area (Å²) in [5, 5.41) is 8.19. The number of pyridine rings is 1. The molecule has 3 heterocycles. The Labute approximate surface area is 208 Å². The van der Waals surface area contributed by atoms with Crippen molar-refractivity contribution in [3.63, 3.8) is 0 Å². The number of hydrogen-bond donors (Lipinski definition) is 1. The third-order valence-corrected chi connectivity index (χ3v) is 6.94. The van der Waals surface area contributed by atoms with Crippen LogP contribution in [-0.4, -0.2) is 36.6 Å². The maximum Gasteiger partial charge on any atom is 0.253 e. The molecule has 1 fully saturated rings. The number of aromatic nitrogens is 5. The van der Waals surface area contributed by atoms with E-state index in [9.17, 15) is 4.79 Å². The summed E-state index contributed by atoms with van der Waals surface area (Å²) in [4.78, 5) is 26.3. The minimum absolute atomic E-state index is 0.122. The topological polar surface area (TPSA) is 94.3 Å². The number of benzene rings is 1. The molecule has 1 aromatic carbocycles. The first-order valence-electron chi connectivity index (χ1n) is 11.9. The molecule has 0 unspecified atom stereocenters. The molecule has 0 aliphatic heterocycles. The molecule has 5 rings (SSSR count). The average molecular weight is 489 g/mol.